The van der Waals surface area contributed by atoms with E-state index in [1.165, 1.54) is 12.1 Å². The summed E-state index contributed by atoms with van der Waals surface area (Å²) in [6, 6.07) is 2.35. The zero-order valence-electron chi connectivity index (χ0n) is 6.12. The van der Waals surface area contributed by atoms with Crippen LogP contribution in [0, 0.1) is 5.82 Å². The molecule has 0 unspecified atom stereocenters. The number of aromatic hydroxyl groups is 1. The van der Waals surface area contributed by atoms with Gasteiger partial charge in [-0.05, 0) is 23.2 Å². The maximum Gasteiger partial charge on any atom is 0.491 e. The minimum absolute atomic E-state index is 0.188. The van der Waals surface area contributed by atoms with Crippen molar-refractivity contribution in [3.63, 3.8) is 0 Å². The van der Waals surface area contributed by atoms with Gasteiger partial charge in [-0.3, -0.25) is 0 Å². The number of benzene rings is 1. The van der Waals surface area contributed by atoms with Crippen LogP contribution in [0.25, 0.3) is 0 Å². The molecule has 0 fully saturated rings. The first-order chi connectivity index (χ1) is 5.68. The zero-order valence-corrected chi connectivity index (χ0v) is 6.12. The summed E-state index contributed by atoms with van der Waals surface area (Å²) >= 11 is 0. The highest BCUT2D eigenvalue weighted by molar-refractivity contribution is 6.61. The van der Waals surface area contributed by atoms with Crippen LogP contribution in [0.4, 0.5) is 4.39 Å². The predicted octanol–water partition coefficient (Wildman–Crippen LogP) is -0.251. The summed E-state index contributed by atoms with van der Waals surface area (Å²) in [5.74, 6) is -1.15. The average molecular weight is 168 g/mol. The van der Waals surface area contributed by atoms with Crippen molar-refractivity contribution < 1.29 is 19.2 Å². The van der Waals surface area contributed by atoms with Crippen LogP contribution in [0.1, 0.15) is 5.56 Å². The summed E-state index contributed by atoms with van der Waals surface area (Å²) in [4.78, 5) is 0. The molecular formula is C7H6BFO3. The molecule has 12 heavy (non-hydrogen) atoms. The summed E-state index contributed by atoms with van der Waals surface area (Å²) in [5.41, 5.74) is 1.02. The van der Waals surface area contributed by atoms with E-state index in [0.717, 1.165) is 0 Å². The van der Waals surface area contributed by atoms with Crippen LogP contribution in [0.3, 0.4) is 0 Å². The highest BCUT2D eigenvalue weighted by atomic mass is 19.1. The van der Waals surface area contributed by atoms with Gasteiger partial charge in [0.25, 0.3) is 0 Å². The van der Waals surface area contributed by atoms with Crippen LogP contribution in [0.2, 0.25) is 0 Å². The first-order valence-electron chi connectivity index (χ1n) is 3.49. The number of rotatable bonds is 0. The van der Waals surface area contributed by atoms with E-state index >= 15 is 0 Å². The standard InChI is InChI=1S/C7H6BFO3/c9-6-1-4-3-12-8(11)5(4)2-7(6)10/h1-2,10-11H,3H2. The van der Waals surface area contributed by atoms with E-state index in [4.69, 9.17) is 14.8 Å². The SMILES string of the molecule is OB1OCc2cc(F)c(O)cc21. The van der Waals surface area contributed by atoms with E-state index in [1.54, 1.807) is 0 Å². The van der Waals surface area contributed by atoms with Crippen LogP contribution in [0.5, 0.6) is 5.75 Å². The Morgan fingerprint density at radius 2 is 2.25 bits per heavy atom. The highest BCUT2D eigenvalue weighted by Crippen LogP contribution is 2.18. The third kappa shape index (κ3) is 0.982. The maximum absolute atomic E-state index is 12.7. The molecule has 0 bridgehead atoms. The van der Waals surface area contributed by atoms with E-state index < -0.39 is 18.7 Å². The Kier molecular flexibility index (Phi) is 1.56. The molecule has 0 saturated carbocycles. The molecule has 0 amide bonds. The lowest BCUT2D eigenvalue weighted by atomic mass is 9.79. The van der Waals surface area contributed by atoms with E-state index in [0.29, 0.717) is 11.0 Å². The third-order valence-corrected chi connectivity index (χ3v) is 1.87. The molecule has 2 rings (SSSR count). The number of fused-ring (bicyclic) bond motifs is 1. The largest absolute Gasteiger partial charge is 0.505 e. The maximum atomic E-state index is 12.7. The van der Waals surface area contributed by atoms with Crippen molar-refractivity contribution in [2.45, 2.75) is 6.61 Å². The average Bonchev–Trinajstić information content (AvgIpc) is 2.35. The fraction of sp³-hybridized carbons (Fsp3) is 0.143. The van der Waals surface area contributed by atoms with Gasteiger partial charge in [0.15, 0.2) is 11.6 Å². The molecule has 1 aliphatic rings. The zero-order chi connectivity index (χ0) is 8.72. The molecule has 1 aromatic carbocycles. The molecule has 0 saturated heterocycles. The van der Waals surface area contributed by atoms with E-state index in [2.05, 4.69) is 0 Å². The molecule has 2 N–H and O–H groups in total. The summed E-state index contributed by atoms with van der Waals surface area (Å²) in [6.45, 7) is 0.188. The molecule has 0 spiro atoms. The molecule has 5 heteroatoms. The number of phenols is 1. The van der Waals surface area contributed by atoms with Crippen molar-refractivity contribution in [3.8, 4) is 5.75 Å². The summed E-state index contributed by atoms with van der Waals surface area (Å²) in [6.07, 6.45) is 0. The predicted molar refractivity (Wildman–Crippen MR) is 40.5 cm³/mol. The second kappa shape index (κ2) is 2.47. The first kappa shape index (κ1) is 7.58. The van der Waals surface area contributed by atoms with Gasteiger partial charge < -0.3 is 14.8 Å². The minimum Gasteiger partial charge on any atom is -0.505 e. The quantitative estimate of drug-likeness (QED) is 0.525. The normalized spacial score (nSPS) is 15.0. The Bertz CT molecular complexity index is 329. The van der Waals surface area contributed by atoms with Crippen molar-refractivity contribution >= 4 is 12.6 Å². The summed E-state index contributed by atoms with van der Waals surface area (Å²) < 4.78 is 17.5. The van der Waals surface area contributed by atoms with Crippen molar-refractivity contribution in [2.24, 2.45) is 0 Å². The van der Waals surface area contributed by atoms with Crippen LogP contribution in [-0.2, 0) is 11.3 Å². The molecular weight excluding hydrogens is 162 g/mol. The lowest BCUT2D eigenvalue weighted by Gasteiger charge is -1.99. The Balaban J connectivity index is 2.56. The third-order valence-electron chi connectivity index (χ3n) is 1.87. The molecule has 0 aromatic heterocycles. The molecule has 0 radical (unpaired) electrons. The molecule has 1 aliphatic heterocycles. The van der Waals surface area contributed by atoms with Gasteiger partial charge >= 0.3 is 7.12 Å². The number of hydrogen-bond acceptors (Lipinski definition) is 3. The van der Waals surface area contributed by atoms with Gasteiger partial charge in [0.2, 0.25) is 0 Å². The van der Waals surface area contributed by atoms with Crippen LogP contribution in [0.15, 0.2) is 12.1 Å². The molecule has 3 nitrogen and oxygen atoms in total. The molecule has 1 heterocycles. The highest BCUT2D eigenvalue weighted by Gasteiger charge is 2.28. The summed E-state index contributed by atoms with van der Waals surface area (Å²) in [7, 11) is -1.04. The van der Waals surface area contributed by atoms with Gasteiger partial charge in [0, 0.05) is 0 Å². The fourth-order valence-electron chi connectivity index (χ4n) is 1.23. The molecule has 0 atom stereocenters. The molecule has 1 aromatic rings. The number of hydrogen-bond donors (Lipinski definition) is 2. The van der Waals surface area contributed by atoms with Crippen molar-refractivity contribution in [2.75, 3.05) is 0 Å². The Morgan fingerprint density at radius 1 is 1.50 bits per heavy atom. The lowest BCUT2D eigenvalue weighted by molar-refractivity contribution is 0.275. The minimum atomic E-state index is -1.04. The van der Waals surface area contributed by atoms with Gasteiger partial charge in [0.05, 0.1) is 6.61 Å². The van der Waals surface area contributed by atoms with Gasteiger partial charge in [0.1, 0.15) is 0 Å². The first-order valence-corrected chi connectivity index (χ1v) is 3.49. The Hall–Kier alpha value is -1.07. The molecule has 0 aliphatic carbocycles. The smallest absolute Gasteiger partial charge is 0.491 e. The Labute approximate surface area is 68.6 Å². The topological polar surface area (TPSA) is 49.7 Å². The van der Waals surface area contributed by atoms with Gasteiger partial charge in [-0.15, -0.1) is 0 Å². The van der Waals surface area contributed by atoms with Gasteiger partial charge in [-0.1, -0.05) is 0 Å². The van der Waals surface area contributed by atoms with Crippen LogP contribution < -0.4 is 5.46 Å². The summed E-state index contributed by atoms with van der Waals surface area (Å²) in [5, 5.41) is 18.1. The second-order valence-corrected chi connectivity index (χ2v) is 2.67. The van der Waals surface area contributed by atoms with Gasteiger partial charge in [-0.2, -0.15) is 0 Å². The van der Waals surface area contributed by atoms with Crippen molar-refractivity contribution in [1.82, 2.24) is 0 Å². The Morgan fingerprint density at radius 3 is 3.00 bits per heavy atom. The van der Waals surface area contributed by atoms with Gasteiger partial charge in [-0.25, -0.2) is 4.39 Å². The van der Waals surface area contributed by atoms with Crippen molar-refractivity contribution in [3.05, 3.63) is 23.5 Å². The number of phenolic OH excluding ortho intramolecular Hbond substituents is 1. The molecule has 62 valence electrons. The lowest BCUT2D eigenvalue weighted by Crippen LogP contribution is -2.27. The van der Waals surface area contributed by atoms with Crippen molar-refractivity contribution in [1.29, 1.82) is 0 Å². The van der Waals surface area contributed by atoms with E-state index in [-0.39, 0.29) is 6.61 Å². The second-order valence-electron chi connectivity index (χ2n) is 2.67. The monoisotopic (exact) mass is 168 g/mol. The number of halogens is 1. The van der Waals surface area contributed by atoms with E-state index in [9.17, 15) is 4.39 Å². The van der Waals surface area contributed by atoms with Crippen LogP contribution in [-0.4, -0.2) is 17.2 Å². The fourth-order valence-corrected chi connectivity index (χ4v) is 1.23. The van der Waals surface area contributed by atoms with Crippen LogP contribution >= 0.6 is 0 Å². The van der Waals surface area contributed by atoms with E-state index in [1.807, 2.05) is 0 Å².